The second-order valence-corrected chi connectivity index (χ2v) is 8.83. The summed E-state index contributed by atoms with van der Waals surface area (Å²) in [7, 11) is -1.48. The van der Waals surface area contributed by atoms with Gasteiger partial charge in [0.2, 0.25) is 0 Å². The number of carbonyl (C=O) groups is 1. The number of hydrogen-bond donors (Lipinski definition) is 1. The van der Waals surface area contributed by atoms with Crippen molar-refractivity contribution in [1.82, 2.24) is 14.1 Å². The fraction of sp³-hybridized carbons (Fsp3) is 0.273. The van der Waals surface area contributed by atoms with Crippen LogP contribution >= 0.6 is 0 Å². The zero-order valence-corrected chi connectivity index (χ0v) is 18.4. The molecule has 1 saturated heterocycles. The number of amides is 1. The number of rotatable bonds is 5. The number of hydrogen-bond acceptors (Lipinski definition) is 4. The van der Waals surface area contributed by atoms with Gasteiger partial charge >= 0.3 is 6.18 Å². The molecule has 1 aromatic heterocycles. The Morgan fingerprint density at radius 1 is 1.12 bits per heavy atom. The number of para-hydroxylation sites is 1. The molecule has 7 nitrogen and oxygen atoms in total. The van der Waals surface area contributed by atoms with Gasteiger partial charge in [-0.25, -0.2) is 13.2 Å². The van der Waals surface area contributed by atoms with Crippen molar-refractivity contribution in [2.75, 3.05) is 31.6 Å². The Kier molecular flexibility index (Phi) is 6.63. The molecule has 0 spiro atoms. The molecule has 1 aliphatic heterocycles. The van der Waals surface area contributed by atoms with E-state index in [4.69, 9.17) is 4.74 Å². The summed E-state index contributed by atoms with van der Waals surface area (Å²) in [5, 5.41) is 6.30. The maximum absolute atomic E-state index is 13.9. The van der Waals surface area contributed by atoms with Crippen LogP contribution in [0.2, 0.25) is 0 Å². The molecule has 1 fully saturated rings. The van der Waals surface area contributed by atoms with E-state index in [-0.39, 0.29) is 11.4 Å². The van der Waals surface area contributed by atoms with E-state index in [2.05, 4.69) is 10.4 Å². The quantitative estimate of drug-likeness (QED) is 0.605. The molecule has 3 aromatic rings. The van der Waals surface area contributed by atoms with Crippen LogP contribution in [-0.4, -0.2) is 50.5 Å². The average molecular weight is 478 g/mol. The first-order valence-electron chi connectivity index (χ1n) is 10.1. The van der Waals surface area contributed by atoms with Crippen molar-refractivity contribution in [3.8, 4) is 5.69 Å². The number of nitrogens with one attached hydrogen (secondary N) is 1. The van der Waals surface area contributed by atoms with Gasteiger partial charge in [0.25, 0.3) is 5.91 Å². The highest BCUT2D eigenvalue weighted by molar-refractivity contribution is 7.82. The van der Waals surface area contributed by atoms with E-state index in [1.54, 1.807) is 41.6 Å². The molecule has 4 rings (SSSR count). The van der Waals surface area contributed by atoms with E-state index in [0.29, 0.717) is 35.9 Å². The van der Waals surface area contributed by atoms with Crippen molar-refractivity contribution >= 4 is 22.6 Å². The highest BCUT2D eigenvalue weighted by Gasteiger charge is 2.40. The Hall–Kier alpha value is -3.02. The minimum atomic E-state index is -4.81. The molecular formula is C22H21F3N4O3S. The molecule has 1 atom stereocenters. The first-order chi connectivity index (χ1) is 15.8. The first-order valence-corrected chi connectivity index (χ1v) is 11.2. The van der Waals surface area contributed by atoms with Gasteiger partial charge in [0, 0.05) is 18.8 Å². The van der Waals surface area contributed by atoms with Crippen LogP contribution in [0.1, 0.15) is 21.6 Å². The zero-order chi connectivity index (χ0) is 23.6. The smallest absolute Gasteiger partial charge is 0.379 e. The van der Waals surface area contributed by atoms with Crippen LogP contribution in [0.3, 0.4) is 0 Å². The minimum Gasteiger partial charge on any atom is -0.379 e. The summed E-state index contributed by atoms with van der Waals surface area (Å²) in [5.41, 5.74) is -0.617. The number of aromatic nitrogens is 2. The van der Waals surface area contributed by atoms with Gasteiger partial charge in [-0.15, -0.1) is 0 Å². The summed E-state index contributed by atoms with van der Waals surface area (Å²) in [4.78, 5) is 13.3. The number of nitrogens with zero attached hydrogens (tertiary/aromatic N) is 3. The molecule has 1 unspecified atom stereocenters. The molecule has 0 radical (unpaired) electrons. The lowest BCUT2D eigenvalue weighted by molar-refractivity contribution is -0.143. The van der Waals surface area contributed by atoms with Crippen molar-refractivity contribution in [1.29, 1.82) is 0 Å². The van der Waals surface area contributed by atoms with E-state index in [1.807, 2.05) is 0 Å². The Bertz CT molecular complexity index is 1180. The minimum absolute atomic E-state index is 0.183. The SMILES string of the molecule is Cc1ccc(NC(=O)c2cnn(-c3ccccc3)c2C(F)(F)F)cc1S(=O)N1CCOCC1. The van der Waals surface area contributed by atoms with Gasteiger partial charge in [-0.1, -0.05) is 24.3 Å². The predicted molar refractivity (Wildman–Crippen MR) is 116 cm³/mol. The van der Waals surface area contributed by atoms with Gasteiger partial charge in [-0.05, 0) is 36.8 Å². The number of alkyl halides is 3. The first kappa shape index (κ1) is 23.1. The lowest BCUT2D eigenvalue weighted by atomic mass is 10.2. The van der Waals surface area contributed by atoms with Gasteiger partial charge in [0.15, 0.2) is 5.69 Å². The Labute approximate surface area is 190 Å². The van der Waals surface area contributed by atoms with Crippen molar-refractivity contribution in [3.05, 3.63) is 71.5 Å². The summed E-state index contributed by atoms with van der Waals surface area (Å²) >= 11 is 0. The third kappa shape index (κ3) is 5.00. The third-order valence-electron chi connectivity index (χ3n) is 5.12. The Morgan fingerprint density at radius 3 is 2.48 bits per heavy atom. The highest BCUT2D eigenvalue weighted by Crippen LogP contribution is 2.34. The Balaban J connectivity index is 1.63. The molecule has 2 heterocycles. The number of benzene rings is 2. The van der Waals surface area contributed by atoms with Crippen molar-refractivity contribution < 1.29 is 26.9 Å². The second-order valence-electron chi connectivity index (χ2n) is 7.38. The fourth-order valence-electron chi connectivity index (χ4n) is 3.47. The van der Waals surface area contributed by atoms with Crippen molar-refractivity contribution in [2.24, 2.45) is 0 Å². The highest BCUT2D eigenvalue weighted by atomic mass is 32.2. The molecule has 1 aliphatic rings. The van der Waals surface area contributed by atoms with Crippen LogP contribution in [0, 0.1) is 6.92 Å². The third-order valence-corrected chi connectivity index (χ3v) is 6.77. The molecule has 33 heavy (non-hydrogen) atoms. The molecule has 1 N–H and O–H groups in total. The van der Waals surface area contributed by atoms with Gasteiger partial charge in [-0.2, -0.15) is 18.3 Å². The van der Waals surface area contributed by atoms with Crippen LogP contribution in [0.25, 0.3) is 5.69 Å². The number of morpholine rings is 1. The van der Waals surface area contributed by atoms with Gasteiger partial charge < -0.3 is 10.1 Å². The van der Waals surface area contributed by atoms with Crippen LogP contribution in [0.15, 0.2) is 59.6 Å². The normalized spacial score (nSPS) is 15.9. The van der Waals surface area contributed by atoms with E-state index in [0.717, 1.165) is 11.8 Å². The Morgan fingerprint density at radius 2 is 1.82 bits per heavy atom. The molecule has 0 bridgehead atoms. The standard InChI is InChI=1S/C22H21F3N4O3S/c1-15-7-8-16(13-19(15)33(31)28-9-11-32-12-10-28)27-21(30)18-14-26-29(20(18)22(23,24)25)17-5-3-2-4-6-17/h2-8,13-14H,9-12H2,1H3,(H,27,30). The van der Waals surface area contributed by atoms with Crippen molar-refractivity contribution in [2.45, 2.75) is 18.0 Å². The summed E-state index contributed by atoms with van der Waals surface area (Å²) in [6.07, 6.45) is -3.92. The van der Waals surface area contributed by atoms with Crippen molar-refractivity contribution in [3.63, 3.8) is 0 Å². The van der Waals surface area contributed by atoms with Gasteiger partial charge in [-0.3, -0.25) is 4.79 Å². The molecule has 1 amide bonds. The largest absolute Gasteiger partial charge is 0.434 e. The number of ether oxygens (including phenoxy) is 1. The molecular weight excluding hydrogens is 457 g/mol. The second kappa shape index (κ2) is 9.46. The fourth-order valence-corrected chi connectivity index (χ4v) is 4.80. The summed E-state index contributed by atoms with van der Waals surface area (Å²) in [6, 6.07) is 12.5. The number of anilines is 1. The number of aryl methyl sites for hydroxylation is 1. The summed E-state index contributed by atoms with van der Waals surface area (Å²) < 4.78 is 62.3. The predicted octanol–water partition coefficient (Wildman–Crippen LogP) is 3.81. The lowest BCUT2D eigenvalue weighted by Gasteiger charge is -2.26. The average Bonchev–Trinajstić information content (AvgIpc) is 3.27. The van der Waals surface area contributed by atoms with E-state index in [1.165, 1.54) is 18.2 Å². The van der Waals surface area contributed by atoms with E-state index in [9.17, 15) is 22.2 Å². The monoisotopic (exact) mass is 478 g/mol. The lowest BCUT2D eigenvalue weighted by Crippen LogP contribution is -2.37. The number of carbonyl (C=O) groups excluding carboxylic acids is 1. The van der Waals surface area contributed by atoms with E-state index < -0.39 is 34.3 Å². The van der Waals surface area contributed by atoms with Crippen LogP contribution in [0.4, 0.5) is 18.9 Å². The maximum Gasteiger partial charge on any atom is 0.434 e. The summed E-state index contributed by atoms with van der Waals surface area (Å²) in [5.74, 6) is -0.962. The molecule has 0 saturated carbocycles. The van der Waals surface area contributed by atoms with Gasteiger partial charge in [0.05, 0.1) is 35.6 Å². The van der Waals surface area contributed by atoms with Crippen LogP contribution < -0.4 is 5.32 Å². The molecule has 0 aliphatic carbocycles. The molecule has 174 valence electrons. The van der Waals surface area contributed by atoms with E-state index >= 15 is 0 Å². The van der Waals surface area contributed by atoms with Crippen LogP contribution in [0.5, 0.6) is 0 Å². The topological polar surface area (TPSA) is 76.5 Å². The molecule has 11 heteroatoms. The van der Waals surface area contributed by atoms with Gasteiger partial charge in [0.1, 0.15) is 11.0 Å². The summed E-state index contributed by atoms with van der Waals surface area (Å²) in [6.45, 7) is 3.71. The maximum atomic E-state index is 13.9. The molecule has 2 aromatic carbocycles. The zero-order valence-electron chi connectivity index (χ0n) is 17.6. The number of halogens is 3. The van der Waals surface area contributed by atoms with Crippen LogP contribution in [-0.2, 0) is 21.9 Å².